The zero-order valence-corrected chi connectivity index (χ0v) is 7.81. The van der Waals surface area contributed by atoms with E-state index in [1.807, 2.05) is 24.3 Å². The van der Waals surface area contributed by atoms with Crippen LogP contribution in [-0.2, 0) is 11.2 Å². The second-order valence-corrected chi connectivity index (χ2v) is 3.54. The Morgan fingerprint density at radius 3 is 2.50 bits per heavy atom. The van der Waals surface area contributed by atoms with Gasteiger partial charge in [0.2, 0.25) is 0 Å². The van der Waals surface area contributed by atoms with Crippen molar-refractivity contribution in [1.82, 2.24) is 0 Å². The fraction of sp³-hybridized carbons (Fsp3) is 0.250. The zero-order chi connectivity index (χ0) is 9.97. The summed E-state index contributed by atoms with van der Waals surface area (Å²) in [6.07, 6.45) is 3.64. The lowest BCUT2D eigenvalue weighted by Crippen LogP contribution is -2.00. The van der Waals surface area contributed by atoms with Gasteiger partial charge in [-0.15, -0.1) is 0 Å². The molecule has 0 fully saturated rings. The first-order chi connectivity index (χ1) is 6.77. The topological polar surface area (TPSA) is 37.3 Å². The average molecular weight is 188 g/mol. The van der Waals surface area contributed by atoms with E-state index in [1.54, 1.807) is 0 Å². The van der Waals surface area contributed by atoms with Crippen molar-refractivity contribution in [1.29, 1.82) is 0 Å². The van der Waals surface area contributed by atoms with E-state index < -0.39 is 5.97 Å². The van der Waals surface area contributed by atoms with E-state index in [1.165, 1.54) is 5.56 Å². The van der Waals surface area contributed by atoms with E-state index in [9.17, 15) is 4.79 Å². The summed E-state index contributed by atoms with van der Waals surface area (Å²) in [4.78, 5) is 10.5. The van der Waals surface area contributed by atoms with Crippen molar-refractivity contribution in [3.8, 4) is 0 Å². The highest BCUT2D eigenvalue weighted by Gasteiger charge is 2.30. The Bertz CT molecular complexity index is 365. The molecule has 14 heavy (non-hydrogen) atoms. The molecule has 0 spiro atoms. The molecule has 1 N–H and O–H groups in total. The second kappa shape index (κ2) is 3.66. The third-order valence-corrected chi connectivity index (χ3v) is 2.48. The van der Waals surface area contributed by atoms with Gasteiger partial charge in [-0.25, -0.2) is 0 Å². The number of carboxylic acid groups (broad SMARTS) is 1. The Morgan fingerprint density at radius 1 is 1.21 bits per heavy atom. The fourth-order valence-electron chi connectivity index (χ4n) is 1.57. The number of hydrogen-bond acceptors (Lipinski definition) is 1. The Hall–Kier alpha value is -1.57. The third kappa shape index (κ3) is 2.02. The molecular formula is C12H12O2. The number of rotatable bonds is 4. The number of carbonyl (C=O) groups is 1. The average Bonchev–Trinajstić information content (AvgIpc) is 2.96. The van der Waals surface area contributed by atoms with Crippen LogP contribution >= 0.6 is 0 Å². The maximum atomic E-state index is 10.5. The quantitative estimate of drug-likeness (QED) is 0.736. The van der Waals surface area contributed by atoms with Crippen molar-refractivity contribution < 1.29 is 9.90 Å². The molecule has 2 nitrogen and oxygen atoms in total. The summed E-state index contributed by atoms with van der Waals surface area (Å²) in [5.74, 6) is -0.980. The lowest BCUT2D eigenvalue weighted by atomic mass is 10.1. The Balaban J connectivity index is 1.80. The largest absolute Gasteiger partial charge is 0.481 e. The second-order valence-electron chi connectivity index (χ2n) is 3.54. The first kappa shape index (κ1) is 9.00. The number of aryl methyl sites for hydroxylation is 1. The van der Waals surface area contributed by atoms with E-state index in [0.717, 1.165) is 18.4 Å². The van der Waals surface area contributed by atoms with Gasteiger partial charge < -0.3 is 5.11 Å². The van der Waals surface area contributed by atoms with Crippen LogP contribution in [0.3, 0.4) is 0 Å². The molecule has 0 saturated carbocycles. The third-order valence-electron chi connectivity index (χ3n) is 2.48. The van der Waals surface area contributed by atoms with E-state index in [0.29, 0.717) is 0 Å². The van der Waals surface area contributed by atoms with Gasteiger partial charge in [0.15, 0.2) is 0 Å². The minimum absolute atomic E-state index is 0.265. The molecule has 2 rings (SSSR count). The van der Waals surface area contributed by atoms with Gasteiger partial charge in [-0.3, -0.25) is 4.79 Å². The molecule has 0 aliphatic heterocycles. The summed E-state index contributed by atoms with van der Waals surface area (Å²) in [5, 5.41) is 8.67. The van der Waals surface area contributed by atoms with E-state index in [-0.39, 0.29) is 5.92 Å². The zero-order valence-electron chi connectivity index (χ0n) is 7.81. The van der Waals surface area contributed by atoms with Crippen LogP contribution in [0.15, 0.2) is 42.0 Å². The molecule has 1 aliphatic rings. The number of benzene rings is 1. The number of carboxylic acids is 1. The van der Waals surface area contributed by atoms with Crippen molar-refractivity contribution in [2.24, 2.45) is 5.92 Å². The summed E-state index contributed by atoms with van der Waals surface area (Å²) in [5.41, 5.74) is 2.34. The van der Waals surface area contributed by atoms with Crippen LogP contribution in [0.2, 0.25) is 0 Å². The van der Waals surface area contributed by atoms with Gasteiger partial charge in [-0.2, -0.15) is 0 Å². The maximum Gasteiger partial charge on any atom is 0.314 e. The van der Waals surface area contributed by atoms with Gasteiger partial charge in [0.05, 0.1) is 5.92 Å². The van der Waals surface area contributed by atoms with E-state index in [4.69, 9.17) is 5.11 Å². The molecule has 1 aromatic carbocycles. The Labute approximate surface area is 82.9 Å². The lowest BCUT2D eigenvalue weighted by molar-refractivity contribution is -0.137. The highest BCUT2D eigenvalue weighted by atomic mass is 16.4. The van der Waals surface area contributed by atoms with Crippen molar-refractivity contribution >= 4 is 5.97 Å². The molecular weight excluding hydrogens is 176 g/mol. The Morgan fingerprint density at radius 2 is 1.93 bits per heavy atom. The van der Waals surface area contributed by atoms with Crippen molar-refractivity contribution in [2.45, 2.75) is 12.8 Å². The molecule has 0 amide bonds. The van der Waals surface area contributed by atoms with Gasteiger partial charge in [-0.05, 0) is 18.4 Å². The highest BCUT2D eigenvalue weighted by Crippen LogP contribution is 2.32. The molecule has 0 saturated heterocycles. The summed E-state index contributed by atoms with van der Waals surface area (Å²) < 4.78 is 0. The van der Waals surface area contributed by atoms with Crippen LogP contribution in [0.25, 0.3) is 0 Å². The molecule has 72 valence electrons. The summed E-state index contributed by atoms with van der Waals surface area (Å²) >= 11 is 0. The smallest absolute Gasteiger partial charge is 0.314 e. The predicted octanol–water partition coefficient (Wildman–Crippen LogP) is 2.26. The summed E-state index contributed by atoms with van der Waals surface area (Å²) in [7, 11) is 0. The first-order valence-electron chi connectivity index (χ1n) is 4.74. The van der Waals surface area contributed by atoms with Crippen LogP contribution in [0, 0.1) is 5.92 Å². The van der Waals surface area contributed by atoms with Gasteiger partial charge >= 0.3 is 5.97 Å². The molecule has 0 radical (unpaired) electrons. The summed E-state index contributed by atoms with van der Waals surface area (Å²) in [6.45, 7) is 0. The monoisotopic (exact) mass is 188 g/mol. The van der Waals surface area contributed by atoms with E-state index in [2.05, 4.69) is 12.1 Å². The first-order valence-corrected chi connectivity index (χ1v) is 4.74. The Kier molecular flexibility index (Phi) is 2.35. The van der Waals surface area contributed by atoms with E-state index >= 15 is 0 Å². The van der Waals surface area contributed by atoms with Crippen LogP contribution in [-0.4, -0.2) is 11.1 Å². The molecule has 0 unspecified atom stereocenters. The normalized spacial score (nSPS) is 18.9. The van der Waals surface area contributed by atoms with Crippen molar-refractivity contribution in [2.75, 3.05) is 0 Å². The van der Waals surface area contributed by atoms with Crippen molar-refractivity contribution in [3.63, 3.8) is 0 Å². The minimum atomic E-state index is -0.715. The molecule has 0 bridgehead atoms. The molecule has 1 aliphatic carbocycles. The SMILES string of the molecule is O=C(O)[C@@H]1C=C1CCc1ccccc1. The molecule has 0 aromatic heterocycles. The lowest BCUT2D eigenvalue weighted by Gasteiger charge is -1.98. The standard InChI is InChI=1S/C12H12O2/c13-12(14)11-8-10(11)7-6-9-4-2-1-3-5-9/h1-5,8,11H,6-7H2,(H,13,14)/t11-/m1/s1. The van der Waals surface area contributed by atoms with Crippen molar-refractivity contribution in [3.05, 3.63) is 47.5 Å². The fourth-order valence-corrected chi connectivity index (χ4v) is 1.57. The molecule has 1 atom stereocenters. The number of aliphatic carboxylic acids is 1. The van der Waals surface area contributed by atoms with Crippen LogP contribution in [0.4, 0.5) is 0 Å². The molecule has 1 aromatic rings. The number of hydrogen-bond donors (Lipinski definition) is 1. The van der Waals surface area contributed by atoms with Gasteiger partial charge in [0, 0.05) is 0 Å². The van der Waals surface area contributed by atoms with Crippen LogP contribution in [0.5, 0.6) is 0 Å². The maximum absolute atomic E-state index is 10.5. The summed E-state index contributed by atoms with van der Waals surface area (Å²) in [6, 6.07) is 10.1. The van der Waals surface area contributed by atoms with Gasteiger partial charge in [0.25, 0.3) is 0 Å². The minimum Gasteiger partial charge on any atom is -0.481 e. The predicted molar refractivity (Wildman–Crippen MR) is 54.0 cm³/mol. The van der Waals surface area contributed by atoms with Gasteiger partial charge in [-0.1, -0.05) is 42.0 Å². The van der Waals surface area contributed by atoms with Crippen LogP contribution in [0.1, 0.15) is 12.0 Å². The molecule has 2 heteroatoms. The highest BCUT2D eigenvalue weighted by molar-refractivity contribution is 5.81. The van der Waals surface area contributed by atoms with Crippen LogP contribution < -0.4 is 0 Å². The molecule has 0 heterocycles. The van der Waals surface area contributed by atoms with Gasteiger partial charge in [0.1, 0.15) is 0 Å².